The molecule has 2 N–H and O–H groups in total. The zero-order valence-corrected chi connectivity index (χ0v) is 10.4. The number of ether oxygens (including phenoxy) is 1. The Hall–Kier alpha value is -0.160. The maximum Gasteiger partial charge on any atom is 0.0619 e. The summed E-state index contributed by atoms with van der Waals surface area (Å²) in [5.74, 6) is 0. The fraction of sp³-hybridized carbons (Fsp3) is 1.00. The normalized spacial score (nSPS) is 30.8. The van der Waals surface area contributed by atoms with E-state index < -0.39 is 0 Å². The molecule has 0 spiro atoms. The van der Waals surface area contributed by atoms with Crippen LogP contribution >= 0.6 is 0 Å². The summed E-state index contributed by atoms with van der Waals surface area (Å²) in [6, 6.07) is 1.03. The quantitative estimate of drug-likeness (QED) is 0.744. The van der Waals surface area contributed by atoms with E-state index in [1.807, 2.05) is 0 Å². The number of likely N-dealkylation sites (tertiary alicyclic amines) is 1. The molecule has 2 saturated heterocycles. The number of hydrogen-bond acceptors (Lipinski definition) is 4. The van der Waals surface area contributed by atoms with Crippen molar-refractivity contribution in [2.24, 2.45) is 5.73 Å². The van der Waals surface area contributed by atoms with Crippen molar-refractivity contribution >= 4 is 0 Å². The Morgan fingerprint density at radius 3 is 2.62 bits per heavy atom. The lowest BCUT2D eigenvalue weighted by Gasteiger charge is -2.36. The summed E-state index contributed by atoms with van der Waals surface area (Å²) >= 11 is 0. The number of rotatable bonds is 3. The third kappa shape index (κ3) is 3.42. The average molecular weight is 227 g/mol. The molecule has 0 aliphatic carbocycles. The topological polar surface area (TPSA) is 41.7 Å². The molecule has 0 saturated carbocycles. The van der Waals surface area contributed by atoms with Crippen molar-refractivity contribution in [2.75, 3.05) is 45.9 Å². The Balaban J connectivity index is 1.66. The van der Waals surface area contributed by atoms with Crippen molar-refractivity contribution in [1.82, 2.24) is 9.80 Å². The van der Waals surface area contributed by atoms with Crippen LogP contribution in [0.5, 0.6) is 0 Å². The summed E-state index contributed by atoms with van der Waals surface area (Å²) < 4.78 is 5.45. The van der Waals surface area contributed by atoms with Gasteiger partial charge in [-0.15, -0.1) is 0 Å². The van der Waals surface area contributed by atoms with Crippen molar-refractivity contribution < 1.29 is 4.74 Å². The van der Waals surface area contributed by atoms with Crippen LogP contribution in [0.25, 0.3) is 0 Å². The minimum absolute atomic E-state index is 0.443. The van der Waals surface area contributed by atoms with Gasteiger partial charge in [0.1, 0.15) is 0 Å². The van der Waals surface area contributed by atoms with E-state index in [1.165, 1.54) is 39.0 Å². The van der Waals surface area contributed by atoms with Crippen LogP contribution in [-0.2, 0) is 4.74 Å². The molecule has 1 unspecified atom stereocenters. The van der Waals surface area contributed by atoms with Gasteiger partial charge in [0.05, 0.1) is 13.2 Å². The standard InChI is InChI=1S/C12H25N3O/c1-11-10-16-9-8-15(11)7-6-14-4-2-12(13)3-5-14/h11-12H,2-10,13H2,1H3. The Morgan fingerprint density at radius 1 is 1.19 bits per heavy atom. The molecule has 2 aliphatic rings. The lowest BCUT2D eigenvalue weighted by atomic mass is 10.1. The first-order chi connectivity index (χ1) is 7.75. The summed E-state index contributed by atoms with van der Waals surface area (Å²) in [5, 5.41) is 0. The van der Waals surface area contributed by atoms with E-state index in [-0.39, 0.29) is 0 Å². The summed E-state index contributed by atoms with van der Waals surface area (Å²) in [6.45, 7) is 9.87. The van der Waals surface area contributed by atoms with Gasteiger partial charge in [0, 0.05) is 31.7 Å². The fourth-order valence-corrected chi connectivity index (χ4v) is 2.54. The molecule has 94 valence electrons. The molecule has 2 fully saturated rings. The van der Waals surface area contributed by atoms with Crippen LogP contribution in [0.15, 0.2) is 0 Å². The van der Waals surface area contributed by atoms with Crippen LogP contribution < -0.4 is 5.73 Å². The van der Waals surface area contributed by atoms with Gasteiger partial charge in [-0.3, -0.25) is 4.90 Å². The molecule has 0 aromatic carbocycles. The lowest BCUT2D eigenvalue weighted by molar-refractivity contribution is -0.00483. The van der Waals surface area contributed by atoms with Crippen LogP contribution in [0.2, 0.25) is 0 Å². The largest absolute Gasteiger partial charge is 0.379 e. The molecule has 4 nitrogen and oxygen atoms in total. The molecule has 1 atom stereocenters. The summed E-state index contributed by atoms with van der Waals surface area (Å²) in [4.78, 5) is 5.09. The first kappa shape index (κ1) is 12.3. The number of nitrogens with two attached hydrogens (primary N) is 1. The predicted molar refractivity (Wildman–Crippen MR) is 65.5 cm³/mol. The highest BCUT2D eigenvalue weighted by Gasteiger charge is 2.20. The molecule has 16 heavy (non-hydrogen) atoms. The van der Waals surface area contributed by atoms with Gasteiger partial charge in [0.2, 0.25) is 0 Å². The van der Waals surface area contributed by atoms with E-state index in [9.17, 15) is 0 Å². The molecular weight excluding hydrogens is 202 g/mol. The van der Waals surface area contributed by atoms with E-state index in [4.69, 9.17) is 10.5 Å². The second-order valence-electron chi connectivity index (χ2n) is 5.14. The highest BCUT2D eigenvalue weighted by Crippen LogP contribution is 2.10. The number of nitrogens with zero attached hydrogens (tertiary/aromatic N) is 2. The Kier molecular flexibility index (Phi) is 4.58. The molecule has 0 amide bonds. The lowest BCUT2D eigenvalue weighted by Crippen LogP contribution is -2.48. The predicted octanol–water partition coefficient (Wildman–Crippen LogP) is 0.130. The van der Waals surface area contributed by atoms with E-state index in [0.717, 1.165) is 19.8 Å². The minimum Gasteiger partial charge on any atom is -0.379 e. The Bertz CT molecular complexity index is 204. The zero-order chi connectivity index (χ0) is 11.4. The van der Waals surface area contributed by atoms with Crippen molar-refractivity contribution in [3.8, 4) is 0 Å². The second kappa shape index (κ2) is 5.96. The van der Waals surface area contributed by atoms with Crippen molar-refractivity contribution in [1.29, 1.82) is 0 Å². The van der Waals surface area contributed by atoms with E-state index >= 15 is 0 Å². The molecule has 2 heterocycles. The third-order valence-corrected chi connectivity index (χ3v) is 3.84. The van der Waals surface area contributed by atoms with Crippen molar-refractivity contribution in [2.45, 2.75) is 31.8 Å². The minimum atomic E-state index is 0.443. The molecular formula is C12H25N3O. The van der Waals surface area contributed by atoms with Crippen LogP contribution in [0.3, 0.4) is 0 Å². The van der Waals surface area contributed by atoms with Gasteiger partial charge in [-0.25, -0.2) is 0 Å². The van der Waals surface area contributed by atoms with E-state index in [2.05, 4.69) is 16.7 Å². The molecule has 2 rings (SSSR count). The molecule has 2 aliphatic heterocycles. The van der Waals surface area contributed by atoms with Crippen LogP contribution in [0, 0.1) is 0 Å². The summed E-state index contributed by atoms with van der Waals surface area (Å²) in [5.41, 5.74) is 5.90. The molecule has 0 aromatic heterocycles. The van der Waals surface area contributed by atoms with Crippen LogP contribution in [-0.4, -0.2) is 67.8 Å². The van der Waals surface area contributed by atoms with Crippen molar-refractivity contribution in [3.63, 3.8) is 0 Å². The fourth-order valence-electron chi connectivity index (χ4n) is 2.54. The van der Waals surface area contributed by atoms with Gasteiger partial charge in [0.15, 0.2) is 0 Å². The van der Waals surface area contributed by atoms with E-state index in [0.29, 0.717) is 12.1 Å². The Labute approximate surface area is 98.7 Å². The monoisotopic (exact) mass is 227 g/mol. The number of piperidine rings is 1. The first-order valence-corrected chi connectivity index (χ1v) is 6.55. The Morgan fingerprint density at radius 2 is 1.94 bits per heavy atom. The maximum atomic E-state index is 5.90. The van der Waals surface area contributed by atoms with Crippen LogP contribution in [0.1, 0.15) is 19.8 Å². The van der Waals surface area contributed by atoms with E-state index in [1.54, 1.807) is 0 Å². The highest BCUT2D eigenvalue weighted by atomic mass is 16.5. The SMILES string of the molecule is CC1COCCN1CCN1CCC(N)CC1. The average Bonchev–Trinajstić information content (AvgIpc) is 2.30. The zero-order valence-electron chi connectivity index (χ0n) is 10.4. The molecule has 4 heteroatoms. The first-order valence-electron chi connectivity index (χ1n) is 6.55. The smallest absolute Gasteiger partial charge is 0.0619 e. The number of hydrogen-bond donors (Lipinski definition) is 1. The molecule has 0 radical (unpaired) electrons. The van der Waals surface area contributed by atoms with Gasteiger partial charge in [-0.1, -0.05) is 0 Å². The van der Waals surface area contributed by atoms with Crippen LogP contribution in [0.4, 0.5) is 0 Å². The maximum absolute atomic E-state index is 5.90. The van der Waals surface area contributed by atoms with Crippen molar-refractivity contribution in [3.05, 3.63) is 0 Å². The van der Waals surface area contributed by atoms with Gasteiger partial charge in [0.25, 0.3) is 0 Å². The number of morpholine rings is 1. The van der Waals surface area contributed by atoms with Gasteiger partial charge < -0.3 is 15.4 Å². The van der Waals surface area contributed by atoms with Gasteiger partial charge in [-0.05, 0) is 32.9 Å². The third-order valence-electron chi connectivity index (χ3n) is 3.84. The summed E-state index contributed by atoms with van der Waals surface area (Å²) in [7, 11) is 0. The highest BCUT2D eigenvalue weighted by molar-refractivity contribution is 4.77. The second-order valence-corrected chi connectivity index (χ2v) is 5.14. The van der Waals surface area contributed by atoms with Gasteiger partial charge >= 0.3 is 0 Å². The molecule has 0 bridgehead atoms. The van der Waals surface area contributed by atoms with Gasteiger partial charge in [-0.2, -0.15) is 0 Å². The molecule has 0 aromatic rings. The summed E-state index contributed by atoms with van der Waals surface area (Å²) in [6.07, 6.45) is 2.33.